The van der Waals surface area contributed by atoms with Crippen LogP contribution >= 0.6 is 11.3 Å². The molecule has 0 unspecified atom stereocenters. The molecule has 0 bridgehead atoms. The van der Waals surface area contributed by atoms with E-state index in [1.165, 1.54) is 11.3 Å². The Morgan fingerprint density at radius 1 is 1.17 bits per heavy atom. The summed E-state index contributed by atoms with van der Waals surface area (Å²) in [5.74, 6) is 0.402. The van der Waals surface area contributed by atoms with E-state index in [1.807, 2.05) is 49.6 Å². The molecule has 5 nitrogen and oxygen atoms in total. The number of nitrogens with one attached hydrogen (secondary N) is 1. The second-order valence-electron chi connectivity index (χ2n) is 5.64. The van der Waals surface area contributed by atoms with E-state index in [0.717, 1.165) is 17.0 Å². The van der Waals surface area contributed by atoms with Gasteiger partial charge in [0.2, 0.25) is 0 Å². The molecular weight excluding hydrogens is 320 g/mol. The lowest BCUT2D eigenvalue weighted by Gasteiger charge is -2.27. The van der Waals surface area contributed by atoms with Gasteiger partial charge in [-0.3, -0.25) is 4.79 Å². The number of thiazole rings is 1. The predicted molar refractivity (Wildman–Crippen MR) is 94.7 cm³/mol. The molecule has 0 fully saturated rings. The number of benzene rings is 1. The van der Waals surface area contributed by atoms with Crippen LogP contribution < -0.4 is 5.32 Å². The van der Waals surface area contributed by atoms with E-state index in [-0.39, 0.29) is 5.91 Å². The topological polar surface area (TPSA) is 67.8 Å². The molecule has 3 rings (SSSR count). The number of rotatable bonds is 5. The maximum atomic E-state index is 12.5. The first-order valence-electron chi connectivity index (χ1n) is 7.72. The van der Waals surface area contributed by atoms with E-state index in [0.29, 0.717) is 11.4 Å². The standard InChI is InChI=1S/C18H18N4OS/c1-3-18(2,17-19-9-10-24-17)22-16(23)14-11-20-15(21-12-14)13-7-5-4-6-8-13/h4-12H,3H2,1-2H3,(H,22,23)/t18-/m1/s1. The highest BCUT2D eigenvalue weighted by Crippen LogP contribution is 2.26. The van der Waals surface area contributed by atoms with Crippen LogP contribution in [0.15, 0.2) is 54.3 Å². The SMILES string of the molecule is CC[C@@](C)(NC(=O)c1cnc(-c2ccccc2)nc1)c1nccs1. The minimum absolute atomic E-state index is 0.200. The van der Waals surface area contributed by atoms with Crippen LogP contribution in [0.3, 0.4) is 0 Å². The number of hydrogen-bond donors (Lipinski definition) is 1. The number of hydrogen-bond acceptors (Lipinski definition) is 5. The largest absolute Gasteiger partial charge is 0.340 e. The van der Waals surface area contributed by atoms with Crippen LogP contribution in [-0.4, -0.2) is 20.9 Å². The fraction of sp³-hybridized carbons (Fsp3) is 0.222. The highest BCUT2D eigenvalue weighted by molar-refractivity contribution is 7.09. The highest BCUT2D eigenvalue weighted by Gasteiger charge is 2.29. The van der Waals surface area contributed by atoms with Gasteiger partial charge < -0.3 is 5.32 Å². The molecule has 6 heteroatoms. The molecule has 1 amide bonds. The molecular formula is C18H18N4OS. The van der Waals surface area contributed by atoms with Gasteiger partial charge in [-0.1, -0.05) is 37.3 Å². The summed E-state index contributed by atoms with van der Waals surface area (Å²) in [5, 5.41) is 5.85. The average molecular weight is 338 g/mol. The second kappa shape index (κ2) is 6.88. The molecule has 1 atom stereocenters. The lowest BCUT2D eigenvalue weighted by atomic mass is 9.99. The van der Waals surface area contributed by atoms with Crippen LogP contribution in [0.4, 0.5) is 0 Å². The van der Waals surface area contributed by atoms with Gasteiger partial charge in [-0.05, 0) is 13.3 Å². The fourth-order valence-corrected chi connectivity index (χ4v) is 3.12. The molecule has 0 aliphatic heterocycles. The molecule has 2 aromatic heterocycles. The summed E-state index contributed by atoms with van der Waals surface area (Å²) in [7, 11) is 0. The molecule has 3 aromatic rings. The van der Waals surface area contributed by atoms with Crippen molar-refractivity contribution < 1.29 is 4.79 Å². The average Bonchev–Trinajstić information content (AvgIpc) is 3.18. The van der Waals surface area contributed by atoms with Crippen molar-refractivity contribution in [2.24, 2.45) is 0 Å². The van der Waals surface area contributed by atoms with E-state index in [1.54, 1.807) is 18.6 Å². The Labute approximate surface area is 144 Å². The van der Waals surface area contributed by atoms with Crippen molar-refractivity contribution in [1.82, 2.24) is 20.3 Å². The zero-order valence-corrected chi connectivity index (χ0v) is 14.4. The quantitative estimate of drug-likeness (QED) is 0.771. The molecule has 0 saturated carbocycles. The Kier molecular flexibility index (Phi) is 4.66. The second-order valence-corrected chi connectivity index (χ2v) is 6.53. The summed E-state index contributed by atoms with van der Waals surface area (Å²) in [6.07, 6.45) is 5.61. The van der Waals surface area contributed by atoms with E-state index < -0.39 is 5.54 Å². The molecule has 122 valence electrons. The van der Waals surface area contributed by atoms with Crippen molar-refractivity contribution in [2.75, 3.05) is 0 Å². The van der Waals surface area contributed by atoms with Gasteiger partial charge in [-0.25, -0.2) is 15.0 Å². The van der Waals surface area contributed by atoms with Gasteiger partial charge in [0, 0.05) is 29.5 Å². The Morgan fingerprint density at radius 2 is 1.88 bits per heavy atom. The lowest BCUT2D eigenvalue weighted by Crippen LogP contribution is -2.43. The normalized spacial score (nSPS) is 13.2. The molecule has 0 aliphatic rings. The Morgan fingerprint density at radius 3 is 2.46 bits per heavy atom. The monoisotopic (exact) mass is 338 g/mol. The van der Waals surface area contributed by atoms with Crippen molar-refractivity contribution in [3.63, 3.8) is 0 Å². The molecule has 24 heavy (non-hydrogen) atoms. The summed E-state index contributed by atoms with van der Waals surface area (Å²) >= 11 is 1.53. The van der Waals surface area contributed by atoms with Gasteiger partial charge in [0.05, 0.1) is 11.1 Å². The van der Waals surface area contributed by atoms with Gasteiger partial charge in [0.25, 0.3) is 5.91 Å². The number of carbonyl (C=O) groups is 1. The van der Waals surface area contributed by atoms with Crippen LogP contribution in [0.1, 0.15) is 35.6 Å². The first-order chi connectivity index (χ1) is 11.6. The van der Waals surface area contributed by atoms with E-state index in [9.17, 15) is 4.79 Å². The minimum atomic E-state index is -0.497. The van der Waals surface area contributed by atoms with Gasteiger partial charge in [-0.2, -0.15) is 0 Å². The van der Waals surface area contributed by atoms with Crippen LogP contribution in [-0.2, 0) is 5.54 Å². The molecule has 1 aromatic carbocycles. The lowest BCUT2D eigenvalue weighted by molar-refractivity contribution is 0.0901. The molecule has 0 aliphatic carbocycles. The molecule has 0 saturated heterocycles. The number of aromatic nitrogens is 3. The zero-order chi connectivity index (χ0) is 17.0. The number of carbonyl (C=O) groups excluding carboxylic acids is 1. The number of nitrogens with zero attached hydrogens (tertiary/aromatic N) is 3. The van der Waals surface area contributed by atoms with Crippen LogP contribution in [0.2, 0.25) is 0 Å². The van der Waals surface area contributed by atoms with Gasteiger partial charge in [-0.15, -0.1) is 11.3 Å². The first-order valence-corrected chi connectivity index (χ1v) is 8.60. The molecule has 1 N–H and O–H groups in total. The van der Waals surface area contributed by atoms with Gasteiger partial charge in [0.1, 0.15) is 5.01 Å². The van der Waals surface area contributed by atoms with Crippen molar-refractivity contribution in [1.29, 1.82) is 0 Å². The third-order valence-corrected chi connectivity index (χ3v) is 4.98. The summed E-state index contributed by atoms with van der Waals surface area (Å²) in [5.41, 5.74) is 0.861. The zero-order valence-electron chi connectivity index (χ0n) is 13.6. The molecule has 2 heterocycles. The third kappa shape index (κ3) is 3.33. The van der Waals surface area contributed by atoms with E-state index in [4.69, 9.17) is 0 Å². The third-order valence-electron chi connectivity index (χ3n) is 3.95. The van der Waals surface area contributed by atoms with Gasteiger partial charge >= 0.3 is 0 Å². The van der Waals surface area contributed by atoms with Crippen LogP contribution in [0, 0.1) is 0 Å². The van der Waals surface area contributed by atoms with Crippen molar-refractivity contribution in [3.8, 4) is 11.4 Å². The first kappa shape index (κ1) is 16.3. The summed E-state index contributed by atoms with van der Waals surface area (Å²) < 4.78 is 0. The smallest absolute Gasteiger partial charge is 0.255 e. The minimum Gasteiger partial charge on any atom is -0.340 e. The van der Waals surface area contributed by atoms with Crippen molar-refractivity contribution >= 4 is 17.2 Å². The van der Waals surface area contributed by atoms with Crippen LogP contribution in [0.5, 0.6) is 0 Å². The summed E-state index contributed by atoms with van der Waals surface area (Å²) in [6, 6.07) is 9.67. The Hall–Kier alpha value is -2.60. The van der Waals surface area contributed by atoms with Gasteiger partial charge in [0.15, 0.2) is 5.82 Å². The summed E-state index contributed by atoms with van der Waals surface area (Å²) in [6.45, 7) is 4.00. The Balaban J connectivity index is 1.78. The Bertz CT molecular complexity index is 803. The fourth-order valence-electron chi connectivity index (χ4n) is 2.29. The number of amides is 1. The van der Waals surface area contributed by atoms with Crippen LogP contribution in [0.25, 0.3) is 11.4 Å². The molecule has 0 spiro atoms. The molecule has 0 radical (unpaired) electrons. The van der Waals surface area contributed by atoms with Crippen molar-refractivity contribution in [3.05, 3.63) is 64.9 Å². The van der Waals surface area contributed by atoms with E-state index in [2.05, 4.69) is 20.3 Å². The summed E-state index contributed by atoms with van der Waals surface area (Å²) in [4.78, 5) is 25.5. The maximum Gasteiger partial charge on any atom is 0.255 e. The van der Waals surface area contributed by atoms with Crippen molar-refractivity contribution in [2.45, 2.75) is 25.8 Å². The predicted octanol–water partition coefficient (Wildman–Crippen LogP) is 3.66. The van der Waals surface area contributed by atoms with E-state index >= 15 is 0 Å². The highest BCUT2D eigenvalue weighted by atomic mass is 32.1. The maximum absolute atomic E-state index is 12.5.